The first-order valence-electron chi connectivity index (χ1n) is 10.8. The molecular weight excluding hydrogens is 410 g/mol. The van der Waals surface area contributed by atoms with Crippen molar-refractivity contribution in [2.45, 2.75) is 57.2 Å². The molecule has 3 aromatic rings. The van der Waals surface area contributed by atoms with E-state index in [1.54, 1.807) is 28.9 Å². The molecule has 1 aliphatic heterocycles. The molecule has 1 saturated carbocycles. The molecule has 1 amide bonds. The Bertz CT molecular complexity index is 1180. The number of carbonyl (C=O) groups excluding carboxylic acids is 1. The quantitative estimate of drug-likeness (QED) is 0.631. The molecule has 2 atom stereocenters. The third-order valence-corrected chi connectivity index (χ3v) is 6.30. The summed E-state index contributed by atoms with van der Waals surface area (Å²) in [6, 6.07) is 3.45. The highest BCUT2D eigenvalue weighted by Gasteiger charge is 2.55. The summed E-state index contributed by atoms with van der Waals surface area (Å²) in [5.41, 5.74) is 1.57. The van der Waals surface area contributed by atoms with Crippen molar-refractivity contribution < 1.29 is 19.0 Å². The number of aromatic nitrogens is 4. The number of hydrogen-bond donors (Lipinski definition) is 1. The Kier molecular flexibility index (Phi) is 4.81. The van der Waals surface area contributed by atoms with Gasteiger partial charge in [0, 0.05) is 24.0 Å². The lowest BCUT2D eigenvalue weighted by Gasteiger charge is -2.24. The largest absolute Gasteiger partial charge is 0.480 e. The van der Waals surface area contributed by atoms with Crippen LogP contribution in [0, 0.1) is 0 Å². The van der Waals surface area contributed by atoms with Crippen molar-refractivity contribution in [3.05, 3.63) is 42.0 Å². The molecular formula is C23H27N5O4. The highest BCUT2D eigenvalue weighted by molar-refractivity contribution is 6.06. The monoisotopic (exact) mass is 437 g/mol. The maximum Gasteiger partial charge on any atom is 0.262 e. The van der Waals surface area contributed by atoms with Gasteiger partial charge in [0.05, 0.1) is 31.1 Å². The van der Waals surface area contributed by atoms with Gasteiger partial charge in [0.25, 0.3) is 5.91 Å². The van der Waals surface area contributed by atoms with Gasteiger partial charge in [-0.1, -0.05) is 0 Å². The second kappa shape index (κ2) is 7.44. The summed E-state index contributed by atoms with van der Waals surface area (Å²) in [6.45, 7) is 6.61. The standard InChI is InChI=1S/C23H27N5O4/c1-14(2)32-19-15(18(29)25-16-6-5-9-24-20(16)30-4)10-28-11-17(26-21(28)27-19)23-8-7-22(3,12-23)31-13-23/h5-6,9-11,14H,7-8,12-13H2,1-4H3,(H,25,29)/t22-,23-/m0/s1. The zero-order valence-corrected chi connectivity index (χ0v) is 18.7. The minimum absolute atomic E-state index is 0.0665. The highest BCUT2D eigenvalue weighted by Crippen LogP contribution is 2.53. The summed E-state index contributed by atoms with van der Waals surface area (Å²) < 4.78 is 19.0. The van der Waals surface area contributed by atoms with Crippen molar-refractivity contribution in [2.75, 3.05) is 19.0 Å². The number of amides is 1. The number of carbonyl (C=O) groups is 1. The van der Waals surface area contributed by atoms with E-state index in [0.29, 0.717) is 29.5 Å². The van der Waals surface area contributed by atoms with Gasteiger partial charge in [0.15, 0.2) is 0 Å². The van der Waals surface area contributed by atoms with Crippen molar-refractivity contribution in [1.29, 1.82) is 0 Å². The van der Waals surface area contributed by atoms with Crippen molar-refractivity contribution in [3.63, 3.8) is 0 Å². The molecule has 1 N–H and O–H groups in total. The Morgan fingerprint density at radius 3 is 2.75 bits per heavy atom. The number of anilines is 1. The summed E-state index contributed by atoms with van der Waals surface area (Å²) in [7, 11) is 1.51. The van der Waals surface area contributed by atoms with E-state index in [2.05, 4.69) is 22.2 Å². The highest BCUT2D eigenvalue weighted by atomic mass is 16.5. The number of nitrogens with zero attached hydrogens (tertiary/aromatic N) is 4. The number of methoxy groups -OCH3 is 1. The van der Waals surface area contributed by atoms with Crippen LogP contribution in [0.2, 0.25) is 0 Å². The van der Waals surface area contributed by atoms with Gasteiger partial charge >= 0.3 is 0 Å². The number of fused-ring (bicyclic) bond motifs is 3. The van der Waals surface area contributed by atoms with Crippen LogP contribution >= 0.6 is 0 Å². The molecule has 0 radical (unpaired) electrons. The molecule has 4 heterocycles. The summed E-state index contributed by atoms with van der Waals surface area (Å²) in [5, 5.41) is 2.85. The topological polar surface area (TPSA) is 99.9 Å². The minimum Gasteiger partial charge on any atom is -0.480 e. The Morgan fingerprint density at radius 2 is 2.09 bits per heavy atom. The third kappa shape index (κ3) is 3.46. The number of nitrogens with one attached hydrogen (secondary N) is 1. The number of ether oxygens (including phenoxy) is 3. The number of hydrogen-bond acceptors (Lipinski definition) is 7. The molecule has 0 spiro atoms. The molecule has 2 fully saturated rings. The van der Waals surface area contributed by atoms with Crippen LogP contribution in [0.3, 0.4) is 0 Å². The minimum atomic E-state index is -0.368. The molecule has 0 aromatic carbocycles. The maximum atomic E-state index is 13.2. The van der Waals surface area contributed by atoms with E-state index in [4.69, 9.17) is 19.2 Å². The van der Waals surface area contributed by atoms with Gasteiger partial charge in [-0.3, -0.25) is 9.20 Å². The molecule has 3 aromatic heterocycles. The second-order valence-corrected chi connectivity index (χ2v) is 9.17. The first-order chi connectivity index (χ1) is 15.3. The van der Waals surface area contributed by atoms with Gasteiger partial charge in [0.1, 0.15) is 11.3 Å². The van der Waals surface area contributed by atoms with E-state index in [0.717, 1.165) is 25.0 Å². The van der Waals surface area contributed by atoms with Crippen LogP contribution in [0.15, 0.2) is 30.7 Å². The zero-order valence-electron chi connectivity index (χ0n) is 18.7. The van der Waals surface area contributed by atoms with Crippen molar-refractivity contribution >= 4 is 17.4 Å². The van der Waals surface area contributed by atoms with Crippen molar-refractivity contribution in [1.82, 2.24) is 19.4 Å². The predicted octanol–water partition coefficient (Wildman–Crippen LogP) is 3.38. The number of pyridine rings is 1. The maximum absolute atomic E-state index is 13.2. The Balaban J connectivity index is 1.53. The lowest BCUT2D eigenvalue weighted by molar-refractivity contribution is -0.00627. The van der Waals surface area contributed by atoms with Crippen LogP contribution in [-0.2, 0) is 10.2 Å². The van der Waals surface area contributed by atoms with Gasteiger partial charge in [-0.2, -0.15) is 4.98 Å². The Labute approximate surface area is 186 Å². The molecule has 32 heavy (non-hydrogen) atoms. The lowest BCUT2D eigenvalue weighted by Crippen LogP contribution is -2.26. The van der Waals surface area contributed by atoms with Crippen LogP contribution in [0.4, 0.5) is 5.69 Å². The molecule has 9 nitrogen and oxygen atoms in total. The summed E-state index contributed by atoms with van der Waals surface area (Å²) >= 11 is 0. The van der Waals surface area contributed by atoms with Gasteiger partial charge in [-0.05, 0) is 52.2 Å². The number of imidazole rings is 1. The predicted molar refractivity (Wildman–Crippen MR) is 117 cm³/mol. The molecule has 1 aliphatic carbocycles. The first kappa shape index (κ1) is 20.7. The molecule has 168 valence electrons. The molecule has 9 heteroatoms. The van der Waals surface area contributed by atoms with Crippen LogP contribution in [0.1, 0.15) is 56.1 Å². The summed E-state index contributed by atoms with van der Waals surface area (Å²) in [6.07, 6.45) is 8.14. The van der Waals surface area contributed by atoms with Crippen LogP contribution < -0.4 is 14.8 Å². The van der Waals surface area contributed by atoms with Gasteiger partial charge < -0.3 is 19.5 Å². The SMILES string of the molecule is COc1ncccc1NC(=O)c1cn2cc([C@@]34CC[C@@](C)(C3)OC4)nc2nc1OC(C)C. The van der Waals surface area contributed by atoms with E-state index in [1.165, 1.54) is 7.11 Å². The smallest absolute Gasteiger partial charge is 0.262 e. The fraction of sp³-hybridized carbons (Fsp3) is 0.478. The average Bonchev–Trinajstić information content (AvgIpc) is 3.44. The van der Waals surface area contributed by atoms with E-state index in [1.807, 2.05) is 20.0 Å². The van der Waals surface area contributed by atoms with Crippen molar-refractivity contribution in [3.8, 4) is 11.8 Å². The van der Waals surface area contributed by atoms with Crippen LogP contribution in [-0.4, -0.2) is 50.7 Å². The van der Waals surface area contributed by atoms with E-state index in [9.17, 15) is 4.79 Å². The van der Waals surface area contributed by atoms with E-state index in [-0.39, 0.29) is 28.9 Å². The Hall–Kier alpha value is -3.20. The molecule has 1 saturated heterocycles. The molecule has 2 aliphatic rings. The van der Waals surface area contributed by atoms with E-state index >= 15 is 0 Å². The fourth-order valence-corrected chi connectivity index (χ4v) is 4.72. The van der Waals surface area contributed by atoms with E-state index < -0.39 is 0 Å². The van der Waals surface area contributed by atoms with Gasteiger partial charge in [-0.15, -0.1) is 0 Å². The first-order valence-corrected chi connectivity index (χ1v) is 10.8. The van der Waals surface area contributed by atoms with Crippen LogP contribution in [0.5, 0.6) is 11.8 Å². The van der Waals surface area contributed by atoms with Crippen LogP contribution in [0.25, 0.3) is 5.78 Å². The number of rotatable bonds is 6. The third-order valence-electron chi connectivity index (χ3n) is 6.30. The summed E-state index contributed by atoms with van der Waals surface area (Å²) in [5.74, 6) is 0.700. The summed E-state index contributed by atoms with van der Waals surface area (Å²) in [4.78, 5) is 26.7. The molecule has 5 rings (SSSR count). The van der Waals surface area contributed by atoms with Gasteiger partial charge in [0.2, 0.25) is 17.5 Å². The second-order valence-electron chi connectivity index (χ2n) is 9.17. The van der Waals surface area contributed by atoms with Gasteiger partial charge in [-0.25, -0.2) is 9.97 Å². The molecule has 2 bridgehead atoms. The zero-order chi connectivity index (χ0) is 22.5. The molecule has 0 unspecified atom stereocenters. The average molecular weight is 438 g/mol. The Morgan fingerprint density at radius 1 is 1.25 bits per heavy atom. The van der Waals surface area contributed by atoms with Crippen molar-refractivity contribution in [2.24, 2.45) is 0 Å². The normalized spacial score (nSPS) is 24.3. The lowest BCUT2D eigenvalue weighted by atomic mass is 9.84. The fourth-order valence-electron chi connectivity index (χ4n) is 4.72.